The molecule has 0 bridgehead atoms. The van der Waals surface area contributed by atoms with Gasteiger partial charge in [-0.25, -0.2) is 14.0 Å². The van der Waals surface area contributed by atoms with E-state index < -0.39 is 40.8 Å². The summed E-state index contributed by atoms with van der Waals surface area (Å²) in [7, 11) is 0. The molecular weight excluding hydrogens is 563 g/mol. The largest absolute Gasteiger partial charge is 0.444 e. The Morgan fingerprint density at radius 3 is 2.32 bits per heavy atom. The monoisotopic (exact) mass is 594 g/mol. The summed E-state index contributed by atoms with van der Waals surface area (Å²) in [5, 5.41) is 2.87. The average molecular weight is 596 g/mol. The number of hydrogen-bond donors (Lipinski definition) is 1. The zero-order valence-corrected chi connectivity index (χ0v) is 24.3. The van der Waals surface area contributed by atoms with Crippen molar-refractivity contribution in [3.63, 3.8) is 0 Å². The number of hydrogen-bond acceptors (Lipinski definition) is 4. The maximum Gasteiger partial charge on any atom is 0.415 e. The number of ether oxygens (including phenoxy) is 2. The molecule has 37 heavy (non-hydrogen) atoms. The van der Waals surface area contributed by atoms with Gasteiger partial charge >= 0.3 is 12.2 Å². The molecule has 0 fully saturated rings. The topological polar surface area (TPSA) is 67.9 Å². The van der Waals surface area contributed by atoms with Crippen LogP contribution in [0.5, 0.6) is 0 Å². The molecule has 2 aromatic rings. The van der Waals surface area contributed by atoms with Crippen molar-refractivity contribution < 1.29 is 23.5 Å². The molecule has 2 amide bonds. The summed E-state index contributed by atoms with van der Waals surface area (Å²) in [6, 6.07) is 9.77. The molecule has 0 saturated carbocycles. The molecular formula is C28H33BrClFN2O4. The third kappa shape index (κ3) is 6.12. The SMILES string of the molecule is C=CC[C@H](NC(=O)OC(C)(C)C)[C@@]1(c2ccccc2)Cc2c(cc(F)c(Cl)c2Br)N1C(=O)OC(C)(C)C. The van der Waals surface area contributed by atoms with Crippen molar-refractivity contribution in [3.8, 4) is 0 Å². The standard InChI is InChI=1S/C28H33BrClFN2O4/c1-8-12-21(32-24(34)36-26(2,3)4)28(17-13-10-9-11-14-17)16-18-20(15-19(31)23(30)22(18)29)33(28)25(35)37-27(5,6)7/h8-11,13-15,21H,1,12,16H2,2-7H3,(H,32,34)/t21-,28-/m0/s1. The lowest BCUT2D eigenvalue weighted by Gasteiger charge is -2.45. The van der Waals surface area contributed by atoms with Crippen LogP contribution < -0.4 is 10.2 Å². The molecule has 0 spiro atoms. The molecule has 1 aliphatic rings. The molecule has 200 valence electrons. The fourth-order valence-corrected chi connectivity index (χ4v) is 5.25. The van der Waals surface area contributed by atoms with Crippen LogP contribution in [0.15, 0.2) is 53.5 Å². The van der Waals surface area contributed by atoms with Gasteiger partial charge in [-0.3, -0.25) is 4.90 Å². The molecule has 0 unspecified atom stereocenters. The predicted octanol–water partition coefficient (Wildman–Crippen LogP) is 7.90. The normalized spacial score (nSPS) is 18.1. The summed E-state index contributed by atoms with van der Waals surface area (Å²) in [4.78, 5) is 28.4. The Morgan fingerprint density at radius 2 is 1.78 bits per heavy atom. The lowest BCUT2D eigenvalue weighted by molar-refractivity contribution is 0.0422. The molecule has 0 aromatic heterocycles. The van der Waals surface area contributed by atoms with Crippen LogP contribution in [0, 0.1) is 5.82 Å². The van der Waals surface area contributed by atoms with Crippen molar-refractivity contribution in [3.05, 3.63) is 75.5 Å². The van der Waals surface area contributed by atoms with Gasteiger partial charge in [0, 0.05) is 10.9 Å². The van der Waals surface area contributed by atoms with E-state index in [-0.39, 0.29) is 17.9 Å². The Hall–Kier alpha value is -2.58. The van der Waals surface area contributed by atoms with E-state index in [2.05, 4.69) is 27.8 Å². The zero-order valence-electron chi connectivity index (χ0n) is 22.0. The molecule has 1 heterocycles. The number of rotatable bonds is 5. The molecule has 2 aromatic carbocycles. The first-order valence-corrected chi connectivity index (χ1v) is 13.1. The van der Waals surface area contributed by atoms with Gasteiger partial charge < -0.3 is 14.8 Å². The summed E-state index contributed by atoms with van der Waals surface area (Å²) in [6.45, 7) is 14.4. The van der Waals surface area contributed by atoms with Crippen LogP contribution in [0.4, 0.5) is 19.7 Å². The summed E-state index contributed by atoms with van der Waals surface area (Å²) in [6.07, 6.45) is 0.795. The highest BCUT2D eigenvalue weighted by Gasteiger charge is 2.55. The van der Waals surface area contributed by atoms with Gasteiger partial charge in [0.05, 0.1) is 16.8 Å². The fraction of sp³-hybridized carbons (Fsp3) is 0.429. The minimum atomic E-state index is -1.23. The van der Waals surface area contributed by atoms with Gasteiger partial charge in [-0.1, -0.05) is 48.0 Å². The Kier molecular flexibility index (Phi) is 8.35. The Balaban J connectivity index is 2.32. The minimum absolute atomic E-state index is 0.0906. The van der Waals surface area contributed by atoms with Gasteiger partial charge in [-0.2, -0.15) is 0 Å². The van der Waals surface area contributed by atoms with E-state index in [0.29, 0.717) is 21.3 Å². The predicted molar refractivity (Wildman–Crippen MR) is 148 cm³/mol. The van der Waals surface area contributed by atoms with Crippen molar-refractivity contribution in [2.75, 3.05) is 4.90 Å². The van der Waals surface area contributed by atoms with Crippen molar-refractivity contribution in [2.45, 2.75) is 77.2 Å². The number of amides is 2. The Labute approximate surface area is 231 Å². The maximum atomic E-state index is 15.0. The Bertz CT molecular complexity index is 1190. The second-order valence-corrected chi connectivity index (χ2v) is 12.2. The average Bonchev–Trinajstić information content (AvgIpc) is 3.11. The number of carbonyl (C=O) groups excluding carboxylic acids is 2. The third-order valence-corrected chi connectivity index (χ3v) is 7.32. The highest BCUT2D eigenvalue weighted by Crippen LogP contribution is 2.52. The molecule has 0 saturated heterocycles. The van der Waals surface area contributed by atoms with Crippen molar-refractivity contribution in [1.29, 1.82) is 0 Å². The number of nitrogens with zero attached hydrogens (tertiary/aromatic N) is 1. The first-order valence-electron chi connectivity index (χ1n) is 12.0. The molecule has 3 rings (SSSR count). The van der Waals surface area contributed by atoms with Crippen molar-refractivity contribution in [1.82, 2.24) is 5.32 Å². The second kappa shape index (κ2) is 10.7. The van der Waals surface area contributed by atoms with Crippen LogP contribution in [0.3, 0.4) is 0 Å². The van der Waals surface area contributed by atoms with Crippen LogP contribution in [0.2, 0.25) is 5.02 Å². The van der Waals surface area contributed by atoms with Gasteiger partial charge in [-0.15, -0.1) is 6.58 Å². The number of carbonyl (C=O) groups is 2. The van der Waals surface area contributed by atoms with Gasteiger partial charge in [0.2, 0.25) is 0 Å². The summed E-state index contributed by atoms with van der Waals surface area (Å²) in [5.41, 5.74) is -1.18. The van der Waals surface area contributed by atoms with Crippen LogP contribution in [0.25, 0.3) is 0 Å². The Morgan fingerprint density at radius 1 is 1.19 bits per heavy atom. The van der Waals surface area contributed by atoms with Gasteiger partial charge in [0.1, 0.15) is 22.6 Å². The number of anilines is 1. The molecule has 6 nitrogen and oxygen atoms in total. The lowest BCUT2D eigenvalue weighted by Crippen LogP contribution is -2.61. The van der Waals surface area contributed by atoms with Crippen LogP contribution >= 0.6 is 27.5 Å². The minimum Gasteiger partial charge on any atom is -0.444 e. The molecule has 9 heteroatoms. The molecule has 1 aliphatic heterocycles. The summed E-state index contributed by atoms with van der Waals surface area (Å²) < 4.78 is 26.7. The second-order valence-electron chi connectivity index (χ2n) is 11.0. The molecule has 2 atom stereocenters. The van der Waals surface area contributed by atoms with Crippen molar-refractivity contribution in [2.24, 2.45) is 0 Å². The quantitative estimate of drug-likeness (QED) is 0.282. The maximum absolute atomic E-state index is 15.0. The van der Waals surface area contributed by atoms with E-state index in [1.54, 1.807) is 47.6 Å². The van der Waals surface area contributed by atoms with E-state index >= 15 is 0 Å². The van der Waals surface area contributed by atoms with Gasteiger partial charge in [-0.05, 0) is 81.1 Å². The number of fused-ring (bicyclic) bond motifs is 1. The van der Waals surface area contributed by atoms with Gasteiger partial charge in [0.15, 0.2) is 0 Å². The lowest BCUT2D eigenvalue weighted by atomic mass is 9.78. The number of alkyl carbamates (subject to hydrolysis) is 1. The molecule has 0 aliphatic carbocycles. The van der Waals surface area contributed by atoms with Crippen LogP contribution in [-0.2, 0) is 21.4 Å². The van der Waals surface area contributed by atoms with Crippen molar-refractivity contribution >= 4 is 45.4 Å². The number of nitrogens with one attached hydrogen (secondary N) is 1. The van der Waals surface area contributed by atoms with E-state index in [4.69, 9.17) is 21.1 Å². The highest BCUT2D eigenvalue weighted by atomic mass is 79.9. The molecule has 0 radical (unpaired) electrons. The van der Waals surface area contributed by atoms with E-state index in [0.717, 1.165) is 0 Å². The van der Waals surface area contributed by atoms with E-state index in [1.807, 2.05) is 30.3 Å². The summed E-state index contributed by atoms with van der Waals surface area (Å²) >= 11 is 9.71. The first-order chi connectivity index (χ1) is 17.1. The van der Waals surface area contributed by atoms with Gasteiger partial charge in [0.25, 0.3) is 0 Å². The number of halogens is 3. The first kappa shape index (κ1) is 29.0. The third-order valence-electron chi connectivity index (χ3n) is 5.85. The van der Waals surface area contributed by atoms with E-state index in [9.17, 15) is 14.0 Å². The molecule has 1 N–H and O–H groups in total. The zero-order chi connectivity index (χ0) is 27.8. The summed E-state index contributed by atoms with van der Waals surface area (Å²) in [5.74, 6) is -0.690. The number of benzene rings is 2. The van der Waals surface area contributed by atoms with E-state index in [1.165, 1.54) is 11.0 Å². The van der Waals surface area contributed by atoms with Crippen LogP contribution in [-0.4, -0.2) is 29.4 Å². The van der Waals surface area contributed by atoms with Crippen LogP contribution in [0.1, 0.15) is 59.1 Å². The smallest absolute Gasteiger partial charge is 0.415 e. The highest BCUT2D eigenvalue weighted by molar-refractivity contribution is 9.10. The fourth-order valence-electron chi connectivity index (χ4n) is 4.55.